The Balaban J connectivity index is 1.99. The van der Waals surface area contributed by atoms with E-state index in [4.69, 9.17) is 4.52 Å². The van der Waals surface area contributed by atoms with Crippen LogP contribution in [0.4, 0.5) is 0 Å². The fraction of sp³-hybridized carbons (Fsp3) is 0.615. The fourth-order valence-electron chi connectivity index (χ4n) is 2.50. The van der Waals surface area contributed by atoms with Gasteiger partial charge in [0.15, 0.2) is 0 Å². The van der Waals surface area contributed by atoms with E-state index in [1.807, 2.05) is 0 Å². The summed E-state index contributed by atoms with van der Waals surface area (Å²) >= 11 is 0. The number of amides is 1. The number of aromatic nitrogens is 1. The predicted octanol–water partition coefficient (Wildman–Crippen LogP) is 1.75. The first-order chi connectivity index (χ1) is 9.03. The van der Waals surface area contributed by atoms with Gasteiger partial charge in [0.25, 0.3) is 5.91 Å². The Morgan fingerprint density at radius 3 is 2.63 bits per heavy atom. The molecule has 1 amide bonds. The number of nitrogens with one attached hydrogen (secondary N) is 1. The van der Waals surface area contributed by atoms with Crippen LogP contribution in [0, 0.1) is 12.3 Å². The van der Waals surface area contributed by atoms with Gasteiger partial charge in [0.05, 0.1) is 11.1 Å². The van der Waals surface area contributed by atoms with E-state index in [-0.39, 0.29) is 12.3 Å². The molecule has 2 N–H and O–H groups in total. The minimum absolute atomic E-state index is 0.119. The molecule has 0 unspecified atom stereocenters. The van der Waals surface area contributed by atoms with E-state index < -0.39 is 17.3 Å². The molecule has 0 aliphatic heterocycles. The maximum absolute atomic E-state index is 11.8. The van der Waals surface area contributed by atoms with Gasteiger partial charge in [0.1, 0.15) is 0 Å². The third-order valence-electron chi connectivity index (χ3n) is 3.70. The summed E-state index contributed by atoms with van der Waals surface area (Å²) in [5, 5.41) is 15.7. The van der Waals surface area contributed by atoms with Crippen molar-refractivity contribution in [2.24, 2.45) is 5.41 Å². The fourth-order valence-corrected chi connectivity index (χ4v) is 2.50. The molecule has 1 aromatic rings. The second-order valence-corrected chi connectivity index (χ2v) is 5.16. The van der Waals surface area contributed by atoms with Crippen LogP contribution in [0.5, 0.6) is 0 Å². The molecule has 0 spiro atoms. The first-order valence-electron chi connectivity index (χ1n) is 6.48. The topological polar surface area (TPSA) is 92.4 Å². The van der Waals surface area contributed by atoms with Crippen molar-refractivity contribution < 1.29 is 19.2 Å². The zero-order valence-electron chi connectivity index (χ0n) is 10.9. The van der Waals surface area contributed by atoms with Gasteiger partial charge in [-0.15, -0.1) is 0 Å². The third kappa shape index (κ3) is 2.94. The average molecular weight is 266 g/mol. The van der Waals surface area contributed by atoms with Crippen LogP contribution < -0.4 is 5.32 Å². The van der Waals surface area contributed by atoms with Crippen molar-refractivity contribution >= 4 is 11.9 Å². The molecule has 1 heterocycles. The summed E-state index contributed by atoms with van der Waals surface area (Å²) in [7, 11) is 0. The lowest BCUT2D eigenvalue weighted by molar-refractivity contribution is -0.150. The zero-order valence-corrected chi connectivity index (χ0v) is 10.9. The number of rotatable bonds is 4. The summed E-state index contributed by atoms with van der Waals surface area (Å²) in [5.74, 6) is -1.12. The van der Waals surface area contributed by atoms with Crippen LogP contribution in [-0.2, 0) is 4.79 Å². The number of carbonyl (C=O) groups is 2. The Kier molecular flexibility index (Phi) is 3.87. The monoisotopic (exact) mass is 266 g/mol. The highest BCUT2D eigenvalue weighted by Gasteiger charge is 2.40. The SMILES string of the molecule is Cc1cc(C(=O)NCC2(C(=O)O)CCCCC2)on1. The summed E-state index contributed by atoms with van der Waals surface area (Å²) in [6, 6.07) is 1.53. The lowest BCUT2D eigenvalue weighted by atomic mass is 9.74. The maximum atomic E-state index is 11.8. The van der Waals surface area contributed by atoms with Gasteiger partial charge >= 0.3 is 5.97 Å². The van der Waals surface area contributed by atoms with E-state index >= 15 is 0 Å². The highest BCUT2D eigenvalue weighted by molar-refractivity contribution is 5.91. The summed E-state index contributed by atoms with van der Waals surface area (Å²) < 4.78 is 4.85. The molecule has 1 fully saturated rings. The van der Waals surface area contributed by atoms with Gasteiger partial charge in [0, 0.05) is 12.6 Å². The van der Waals surface area contributed by atoms with Crippen LogP contribution >= 0.6 is 0 Å². The second kappa shape index (κ2) is 5.42. The van der Waals surface area contributed by atoms with Gasteiger partial charge in [-0.05, 0) is 19.8 Å². The Labute approximate surface area is 111 Å². The van der Waals surface area contributed by atoms with Gasteiger partial charge in [-0.3, -0.25) is 9.59 Å². The van der Waals surface area contributed by atoms with Gasteiger partial charge in [0.2, 0.25) is 5.76 Å². The highest BCUT2D eigenvalue weighted by atomic mass is 16.5. The number of aliphatic carboxylic acids is 1. The number of hydrogen-bond acceptors (Lipinski definition) is 4. The summed E-state index contributed by atoms with van der Waals surface area (Å²) in [6.45, 7) is 1.86. The Morgan fingerprint density at radius 1 is 1.42 bits per heavy atom. The van der Waals surface area contributed by atoms with Crippen molar-refractivity contribution in [1.29, 1.82) is 0 Å². The molecular formula is C13H18N2O4. The van der Waals surface area contributed by atoms with Crippen molar-refractivity contribution in [3.8, 4) is 0 Å². The van der Waals surface area contributed by atoms with Crippen molar-refractivity contribution in [2.45, 2.75) is 39.0 Å². The number of carboxylic acids is 1. The van der Waals surface area contributed by atoms with E-state index in [9.17, 15) is 14.7 Å². The number of aryl methyl sites for hydroxylation is 1. The normalized spacial score (nSPS) is 17.9. The smallest absolute Gasteiger partial charge is 0.311 e. The Morgan fingerprint density at radius 2 is 2.11 bits per heavy atom. The molecule has 1 aliphatic rings. The molecule has 6 nitrogen and oxygen atoms in total. The molecule has 1 saturated carbocycles. The molecule has 1 aliphatic carbocycles. The van der Waals surface area contributed by atoms with E-state index in [0.29, 0.717) is 18.5 Å². The molecule has 0 bridgehead atoms. The molecule has 0 atom stereocenters. The number of carbonyl (C=O) groups excluding carboxylic acids is 1. The molecule has 0 saturated heterocycles. The number of hydrogen-bond donors (Lipinski definition) is 2. The zero-order chi connectivity index (χ0) is 13.9. The van der Waals surface area contributed by atoms with Gasteiger partial charge in [-0.25, -0.2) is 0 Å². The number of nitrogens with zero attached hydrogens (tertiary/aromatic N) is 1. The second-order valence-electron chi connectivity index (χ2n) is 5.16. The minimum Gasteiger partial charge on any atom is -0.481 e. The first kappa shape index (κ1) is 13.6. The molecular weight excluding hydrogens is 248 g/mol. The maximum Gasteiger partial charge on any atom is 0.311 e. The van der Waals surface area contributed by atoms with Crippen LogP contribution in [0.25, 0.3) is 0 Å². The lowest BCUT2D eigenvalue weighted by Gasteiger charge is -2.33. The van der Waals surface area contributed by atoms with Crippen molar-refractivity contribution in [2.75, 3.05) is 6.54 Å². The summed E-state index contributed by atoms with van der Waals surface area (Å²) in [5.41, 5.74) is -0.209. The van der Waals surface area contributed by atoms with E-state index in [1.165, 1.54) is 6.07 Å². The van der Waals surface area contributed by atoms with E-state index in [1.54, 1.807) is 6.92 Å². The highest BCUT2D eigenvalue weighted by Crippen LogP contribution is 2.36. The van der Waals surface area contributed by atoms with E-state index in [2.05, 4.69) is 10.5 Å². The molecule has 19 heavy (non-hydrogen) atoms. The van der Waals surface area contributed by atoms with Crippen LogP contribution in [0.3, 0.4) is 0 Å². The van der Waals surface area contributed by atoms with Crippen molar-refractivity contribution in [1.82, 2.24) is 10.5 Å². The third-order valence-corrected chi connectivity index (χ3v) is 3.70. The van der Waals surface area contributed by atoms with Crippen molar-refractivity contribution in [3.63, 3.8) is 0 Å². The van der Waals surface area contributed by atoms with Gasteiger partial charge in [-0.2, -0.15) is 0 Å². The largest absolute Gasteiger partial charge is 0.481 e. The molecule has 0 radical (unpaired) electrons. The average Bonchev–Trinajstić information content (AvgIpc) is 2.83. The Bertz CT molecular complexity index is 475. The van der Waals surface area contributed by atoms with Crippen LogP contribution in [0.1, 0.15) is 48.4 Å². The molecule has 2 rings (SSSR count). The standard InChI is InChI=1S/C13H18N2O4/c1-9-7-10(19-15-9)11(16)14-8-13(12(17)18)5-3-2-4-6-13/h7H,2-6,8H2,1H3,(H,14,16)(H,17,18). The molecule has 0 aromatic carbocycles. The van der Waals surface area contributed by atoms with Crippen molar-refractivity contribution in [3.05, 3.63) is 17.5 Å². The molecule has 104 valence electrons. The van der Waals surface area contributed by atoms with E-state index in [0.717, 1.165) is 19.3 Å². The summed E-state index contributed by atoms with van der Waals surface area (Å²) in [6.07, 6.45) is 4.06. The van der Waals surface area contributed by atoms with Crippen LogP contribution in [-0.4, -0.2) is 28.7 Å². The summed E-state index contributed by atoms with van der Waals surface area (Å²) in [4.78, 5) is 23.3. The van der Waals surface area contributed by atoms with Gasteiger partial charge < -0.3 is 14.9 Å². The van der Waals surface area contributed by atoms with Crippen LogP contribution in [0.15, 0.2) is 10.6 Å². The predicted molar refractivity (Wildman–Crippen MR) is 66.7 cm³/mol. The number of carboxylic acid groups (broad SMARTS) is 1. The lowest BCUT2D eigenvalue weighted by Crippen LogP contribution is -2.44. The van der Waals surface area contributed by atoms with Crippen LogP contribution in [0.2, 0.25) is 0 Å². The van der Waals surface area contributed by atoms with Gasteiger partial charge in [-0.1, -0.05) is 24.4 Å². The first-order valence-corrected chi connectivity index (χ1v) is 6.48. The Hall–Kier alpha value is -1.85. The molecule has 1 aromatic heterocycles. The molecule has 6 heteroatoms. The quantitative estimate of drug-likeness (QED) is 0.866. The minimum atomic E-state index is -0.832.